The third-order valence-electron chi connectivity index (χ3n) is 2.85. The van der Waals surface area contributed by atoms with E-state index in [-0.39, 0.29) is 12.1 Å². The van der Waals surface area contributed by atoms with Gasteiger partial charge in [0.1, 0.15) is 5.82 Å². The highest BCUT2D eigenvalue weighted by Gasteiger charge is 2.35. The van der Waals surface area contributed by atoms with E-state index in [0.29, 0.717) is 6.54 Å². The summed E-state index contributed by atoms with van der Waals surface area (Å²) in [5.41, 5.74) is -0.0563. The topological polar surface area (TPSA) is 58.0 Å². The van der Waals surface area contributed by atoms with Gasteiger partial charge in [-0.1, -0.05) is 0 Å². The maximum Gasteiger partial charge on any atom is 0.141 e. The Morgan fingerprint density at radius 2 is 2.07 bits per heavy atom. The van der Waals surface area contributed by atoms with Crippen molar-refractivity contribution in [2.24, 2.45) is 0 Å². The molecule has 14 heavy (non-hydrogen) atoms. The minimum Gasteiger partial charge on any atom is -0.394 e. The van der Waals surface area contributed by atoms with Gasteiger partial charge in [0, 0.05) is 17.9 Å². The lowest BCUT2D eigenvalue weighted by Gasteiger charge is -2.41. The summed E-state index contributed by atoms with van der Waals surface area (Å²) < 4.78 is 0. The van der Waals surface area contributed by atoms with E-state index >= 15 is 0 Å². The number of aliphatic hydroxyl groups is 1. The molecular weight excluding hydrogens is 178 g/mol. The maximum absolute atomic E-state index is 9.21. The Balaban J connectivity index is 1.88. The van der Waals surface area contributed by atoms with E-state index in [1.165, 1.54) is 6.42 Å². The smallest absolute Gasteiger partial charge is 0.141 e. The van der Waals surface area contributed by atoms with Crippen molar-refractivity contribution >= 4 is 0 Å². The number of nitrogens with zero attached hydrogens (tertiary/aromatic N) is 2. The van der Waals surface area contributed by atoms with Gasteiger partial charge in [-0.25, -0.2) is 9.97 Å². The monoisotopic (exact) mass is 193 g/mol. The molecule has 0 aliphatic heterocycles. The molecule has 76 valence electrons. The summed E-state index contributed by atoms with van der Waals surface area (Å²) in [6, 6.07) is 1.80. The highest BCUT2D eigenvalue weighted by Crippen LogP contribution is 2.31. The molecule has 1 aromatic heterocycles. The summed E-state index contributed by atoms with van der Waals surface area (Å²) in [7, 11) is 0. The molecule has 0 atom stereocenters. The number of aromatic nitrogens is 2. The Bertz CT molecular complexity index is 279. The van der Waals surface area contributed by atoms with E-state index < -0.39 is 0 Å². The minimum atomic E-state index is -0.0563. The van der Waals surface area contributed by atoms with Crippen LogP contribution in [0.2, 0.25) is 0 Å². The molecule has 0 saturated heterocycles. The maximum atomic E-state index is 9.21. The molecule has 2 rings (SSSR count). The number of hydrogen-bond acceptors (Lipinski definition) is 4. The summed E-state index contributed by atoms with van der Waals surface area (Å²) >= 11 is 0. The van der Waals surface area contributed by atoms with Gasteiger partial charge in [-0.05, 0) is 25.3 Å². The van der Waals surface area contributed by atoms with Gasteiger partial charge in [-0.2, -0.15) is 0 Å². The lowest BCUT2D eigenvalue weighted by molar-refractivity contribution is 0.0865. The molecule has 0 amide bonds. The van der Waals surface area contributed by atoms with E-state index in [4.69, 9.17) is 0 Å². The predicted octanol–water partition coefficient (Wildman–Crippen LogP) is 0.481. The average Bonchev–Trinajstić information content (AvgIpc) is 2.19. The van der Waals surface area contributed by atoms with Crippen LogP contribution in [0.15, 0.2) is 18.5 Å². The highest BCUT2D eigenvalue weighted by molar-refractivity contribution is 4.97. The number of aliphatic hydroxyl groups excluding tert-OH is 1. The Labute approximate surface area is 83.4 Å². The van der Waals surface area contributed by atoms with E-state index in [1.54, 1.807) is 18.5 Å². The van der Waals surface area contributed by atoms with Crippen molar-refractivity contribution in [3.05, 3.63) is 24.3 Å². The van der Waals surface area contributed by atoms with Crippen LogP contribution >= 0.6 is 0 Å². The molecule has 0 unspecified atom stereocenters. The number of nitrogens with one attached hydrogen (secondary N) is 1. The third-order valence-corrected chi connectivity index (χ3v) is 2.85. The first kappa shape index (κ1) is 9.55. The van der Waals surface area contributed by atoms with Crippen molar-refractivity contribution in [3.63, 3.8) is 0 Å². The lowest BCUT2D eigenvalue weighted by atomic mass is 9.77. The lowest BCUT2D eigenvalue weighted by Crippen LogP contribution is -2.53. The van der Waals surface area contributed by atoms with Gasteiger partial charge in [0.05, 0.1) is 13.2 Å². The van der Waals surface area contributed by atoms with Crippen molar-refractivity contribution < 1.29 is 5.11 Å². The Hall–Kier alpha value is -1.00. The summed E-state index contributed by atoms with van der Waals surface area (Å²) in [5, 5.41) is 12.5. The van der Waals surface area contributed by atoms with Gasteiger partial charge < -0.3 is 10.4 Å². The Morgan fingerprint density at radius 1 is 1.36 bits per heavy atom. The fourth-order valence-corrected chi connectivity index (χ4v) is 1.68. The standard InChI is InChI=1S/C10H15N3O/c14-8-10(3-1-4-10)13-7-9-11-5-2-6-12-9/h2,5-6,13-14H,1,3-4,7-8H2. The largest absolute Gasteiger partial charge is 0.394 e. The van der Waals surface area contributed by atoms with Crippen molar-refractivity contribution in [2.45, 2.75) is 31.3 Å². The van der Waals surface area contributed by atoms with E-state index in [2.05, 4.69) is 15.3 Å². The van der Waals surface area contributed by atoms with Gasteiger partial charge in [0.25, 0.3) is 0 Å². The summed E-state index contributed by atoms with van der Waals surface area (Å²) in [6.45, 7) is 0.848. The molecule has 0 bridgehead atoms. The van der Waals surface area contributed by atoms with Crippen LogP contribution < -0.4 is 5.32 Å². The first-order valence-corrected chi connectivity index (χ1v) is 4.96. The van der Waals surface area contributed by atoms with Crippen molar-refractivity contribution in [3.8, 4) is 0 Å². The fourth-order valence-electron chi connectivity index (χ4n) is 1.68. The van der Waals surface area contributed by atoms with Crippen molar-refractivity contribution in [2.75, 3.05) is 6.61 Å². The molecule has 4 heteroatoms. The molecule has 0 radical (unpaired) electrons. The molecule has 2 N–H and O–H groups in total. The molecule has 1 saturated carbocycles. The second-order valence-corrected chi connectivity index (χ2v) is 3.81. The summed E-state index contributed by atoms with van der Waals surface area (Å²) in [6.07, 6.45) is 6.77. The molecule has 4 nitrogen and oxygen atoms in total. The highest BCUT2D eigenvalue weighted by atomic mass is 16.3. The van der Waals surface area contributed by atoms with Gasteiger partial charge in [0.2, 0.25) is 0 Å². The first-order chi connectivity index (χ1) is 6.85. The number of hydrogen-bond donors (Lipinski definition) is 2. The van der Waals surface area contributed by atoms with Crippen LogP contribution in [-0.4, -0.2) is 27.2 Å². The molecular formula is C10H15N3O. The molecule has 0 spiro atoms. The van der Waals surface area contributed by atoms with Crippen LogP contribution in [0.1, 0.15) is 25.1 Å². The van der Waals surface area contributed by atoms with E-state index in [1.807, 2.05) is 0 Å². The van der Waals surface area contributed by atoms with Gasteiger partial charge in [0.15, 0.2) is 0 Å². The third kappa shape index (κ3) is 1.91. The van der Waals surface area contributed by atoms with Crippen LogP contribution in [0.4, 0.5) is 0 Å². The second kappa shape index (κ2) is 4.02. The van der Waals surface area contributed by atoms with Gasteiger partial charge in [-0.15, -0.1) is 0 Å². The van der Waals surface area contributed by atoms with Crippen LogP contribution in [0.25, 0.3) is 0 Å². The van der Waals surface area contributed by atoms with E-state index in [0.717, 1.165) is 18.7 Å². The summed E-state index contributed by atoms with van der Waals surface area (Å²) in [5.74, 6) is 0.784. The first-order valence-electron chi connectivity index (χ1n) is 4.96. The Morgan fingerprint density at radius 3 is 2.57 bits per heavy atom. The van der Waals surface area contributed by atoms with Crippen LogP contribution in [-0.2, 0) is 6.54 Å². The zero-order valence-electron chi connectivity index (χ0n) is 8.11. The normalized spacial score (nSPS) is 18.9. The van der Waals surface area contributed by atoms with E-state index in [9.17, 15) is 5.11 Å². The van der Waals surface area contributed by atoms with Crippen LogP contribution in [0, 0.1) is 0 Å². The van der Waals surface area contributed by atoms with Gasteiger partial charge >= 0.3 is 0 Å². The van der Waals surface area contributed by atoms with Crippen LogP contribution in [0.5, 0.6) is 0 Å². The minimum absolute atomic E-state index is 0.0563. The van der Waals surface area contributed by atoms with Crippen molar-refractivity contribution in [1.29, 1.82) is 0 Å². The zero-order valence-corrected chi connectivity index (χ0v) is 8.11. The summed E-state index contributed by atoms with van der Waals surface area (Å²) in [4.78, 5) is 8.24. The molecule has 1 aliphatic rings. The molecule has 0 aromatic carbocycles. The SMILES string of the molecule is OCC1(NCc2ncccn2)CCC1. The average molecular weight is 193 g/mol. The molecule has 1 aromatic rings. The zero-order chi connectivity index (χ0) is 9.86. The predicted molar refractivity (Wildman–Crippen MR) is 52.5 cm³/mol. The second-order valence-electron chi connectivity index (χ2n) is 3.81. The van der Waals surface area contributed by atoms with Crippen molar-refractivity contribution in [1.82, 2.24) is 15.3 Å². The molecule has 1 aliphatic carbocycles. The fraction of sp³-hybridized carbons (Fsp3) is 0.600. The van der Waals surface area contributed by atoms with Gasteiger partial charge in [-0.3, -0.25) is 0 Å². The Kier molecular flexibility index (Phi) is 2.74. The molecule has 1 heterocycles. The number of rotatable bonds is 4. The van der Waals surface area contributed by atoms with Crippen LogP contribution in [0.3, 0.4) is 0 Å². The quantitative estimate of drug-likeness (QED) is 0.730. The molecule has 1 fully saturated rings.